The Morgan fingerprint density at radius 1 is 1.56 bits per heavy atom. The number of nitrogens with one attached hydrogen (secondary N) is 1. The fraction of sp³-hybridized carbons (Fsp3) is 0.200. The van der Waals surface area contributed by atoms with Gasteiger partial charge in [-0.15, -0.1) is 0 Å². The molecule has 6 heteroatoms. The third kappa shape index (κ3) is 2.70. The van der Waals surface area contributed by atoms with Crippen molar-refractivity contribution in [2.24, 2.45) is 5.73 Å². The van der Waals surface area contributed by atoms with Crippen LogP contribution in [0.25, 0.3) is 0 Å². The van der Waals surface area contributed by atoms with Gasteiger partial charge in [0, 0.05) is 4.47 Å². The van der Waals surface area contributed by atoms with Crippen molar-refractivity contribution in [1.29, 1.82) is 0 Å². The number of nitrogens with two attached hydrogens (primary N) is 1. The molecule has 3 N–H and O–H groups in total. The van der Waals surface area contributed by atoms with E-state index < -0.39 is 5.97 Å². The second-order valence-corrected chi connectivity index (χ2v) is 4.37. The molecule has 0 aliphatic heterocycles. The molecule has 0 saturated heterocycles. The summed E-state index contributed by atoms with van der Waals surface area (Å²) in [7, 11) is 1.33. The molecular formula is C10H11BrN2O2S. The molecule has 86 valence electrons. The van der Waals surface area contributed by atoms with Crippen LogP contribution in [0, 0.1) is 6.92 Å². The predicted molar refractivity (Wildman–Crippen MR) is 70.6 cm³/mol. The molecule has 0 heterocycles. The number of methoxy groups -OCH3 is 1. The maximum atomic E-state index is 11.6. The summed E-state index contributed by atoms with van der Waals surface area (Å²) in [5.74, 6) is -0.433. The van der Waals surface area contributed by atoms with Crippen LogP contribution in [0.2, 0.25) is 0 Å². The summed E-state index contributed by atoms with van der Waals surface area (Å²) in [4.78, 5) is 11.6. The van der Waals surface area contributed by atoms with Crippen molar-refractivity contribution in [3.8, 4) is 0 Å². The molecule has 1 rings (SSSR count). The van der Waals surface area contributed by atoms with Gasteiger partial charge in [-0.3, -0.25) is 0 Å². The monoisotopic (exact) mass is 302 g/mol. The number of hydrogen-bond acceptors (Lipinski definition) is 3. The molecule has 0 aromatic heterocycles. The van der Waals surface area contributed by atoms with Crippen LogP contribution >= 0.6 is 28.1 Å². The molecule has 1 aromatic rings. The largest absolute Gasteiger partial charge is 0.465 e. The first-order valence-electron chi connectivity index (χ1n) is 4.41. The zero-order chi connectivity index (χ0) is 12.3. The van der Waals surface area contributed by atoms with E-state index in [-0.39, 0.29) is 5.11 Å². The highest BCUT2D eigenvalue weighted by atomic mass is 79.9. The first kappa shape index (κ1) is 12.9. The number of hydrogen-bond donors (Lipinski definition) is 2. The molecule has 0 amide bonds. The zero-order valence-electron chi connectivity index (χ0n) is 8.83. The Kier molecular flexibility index (Phi) is 4.26. The highest BCUT2D eigenvalue weighted by Gasteiger charge is 2.17. The summed E-state index contributed by atoms with van der Waals surface area (Å²) in [6.45, 7) is 1.81. The zero-order valence-corrected chi connectivity index (χ0v) is 11.2. The van der Waals surface area contributed by atoms with Gasteiger partial charge in [-0.25, -0.2) is 4.79 Å². The second-order valence-electron chi connectivity index (χ2n) is 3.08. The SMILES string of the molecule is COC(=O)c1c(NC(N)=S)ccc(Br)c1C. The lowest BCUT2D eigenvalue weighted by atomic mass is 10.1. The highest BCUT2D eigenvalue weighted by Crippen LogP contribution is 2.27. The Balaban J connectivity index is 3.32. The maximum Gasteiger partial charge on any atom is 0.340 e. The quantitative estimate of drug-likeness (QED) is 0.648. The minimum atomic E-state index is -0.433. The van der Waals surface area contributed by atoms with Gasteiger partial charge in [-0.1, -0.05) is 15.9 Å². The molecule has 0 saturated carbocycles. The minimum absolute atomic E-state index is 0.104. The number of benzene rings is 1. The molecule has 0 radical (unpaired) electrons. The van der Waals surface area contributed by atoms with E-state index in [1.807, 2.05) is 6.07 Å². The fourth-order valence-electron chi connectivity index (χ4n) is 1.29. The lowest BCUT2D eigenvalue weighted by Crippen LogP contribution is -2.21. The molecule has 0 spiro atoms. The molecule has 0 atom stereocenters. The van der Waals surface area contributed by atoms with Crippen molar-refractivity contribution >= 4 is 44.9 Å². The third-order valence-corrected chi connectivity index (χ3v) is 3.01. The Morgan fingerprint density at radius 2 is 2.19 bits per heavy atom. The van der Waals surface area contributed by atoms with Gasteiger partial charge in [0.1, 0.15) is 0 Å². The molecular weight excluding hydrogens is 292 g/mol. The average Bonchev–Trinajstić information content (AvgIpc) is 2.22. The molecule has 1 aromatic carbocycles. The second kappa shape index (κ2) is 5.27. The summed E-state index contributed by atoms with van der Waals surface area (Å²) < 4.78 is 5.53. The normalized spacial score (nSPS) is 9.69. The predicted octanol–water partition coefficient (Wildman–Crippen LogP) is 2.20. The van der Waals surface area contributed by atoms with Crippen LogP contribution in [-0.2, 0) is 4.74 Å². The number of rotatable bonds is 2. The summed E-state index contributed by atoms with van der Waals surface area (Å²) >= 11 is 8.08. The smallest absolute Gasteiger partial charge is 0.340 e. The number of carbonyl (C=O) groups is 1. The summed E-state index contributed by atoms with van der Waals surface area (Å²) in [6, 6.07) is 3.52. The summed E-state index contributed by atoms with van der Waals surface area (Å²) in [6.07, 6.45) is 0. The van der Waals surface area contributed by atoms with Gasteiger partial charge in [0.05, 0.1) is 18.4 Å². The Hall–Kier alpha value is -1.14. The van der Waals surface area contributed by atoms with E-state index >= 15 is 0 Å². The number of thiocarbonyl (C=S) groups is 1. The topological polar surface area (TPSA) is 64.3 Å². The van der Waals surface area contributed by atoms with Gasteiger partial charge in [0.15, 0.2) is 5.11 Å². The number of halogens is 1. The van der Waals surface area contributed by atoms with E-state index in [2.05, 4.69) is 21.2 Å². The van der Waals surface area contributed by atoms with Crippen molar-refractivity contribution < 1.29 is 9.53 Å². The van der Waals surface area contributed by atoms with Crippen molar-refractivity contribution in [2.45, 2.75) is 6.92 Å². The fourth-order valence-corrected chi connectivity index (χ4v) is 1.73. The minimum Gasteiger partial charge on any atom is -0.465 e. The molecule has 0 aliphatic rings. The Bertz CT molecular complexity index is 449. The number of esters is 1. The van der Waals surface area contributed by atoms with Gasteiger partial charge in [0.2, 0.25) is 0 Å². The van der Waals surface area contributed by atoms with Crippen molar-refractivity contribution in [1.82, 2.24) is 0 Å². The molecule has 0 bridgehead atoms. The molecule has 0 fully saturated rings. The van der Waals surface area contributed by atoms with Crippen LogP contribution in [-0.4, -0.2) is 18.2 Å². The van der Waals surface area contributed by atoms with Crippen LogP contribution in [0.4, 0.5) is 5.69 Å². The van der Waals surface area contributed by atoms with E-state index in [0.29, 0.717) is 11.3 Å². The van der Waals surface area contributed by atoms with Crippen LogP contribution in [0.5, 0.6) is 0 Å². The van der Waals surface area contributed by atoms with E-state index in [1.54, 1.807) is 13.0 Å². The standard InChI is InChI=1S/C10H11BrN2O2S/c1-5-6(11)3-4-7(13-10(12)16)8(5)9(14)15-2/h3-4H,1-2H3,(H3,12,13,16). The lowest BCUT2D eigenvalue weighted by molar-refractivity contribution is 0.0601. The Labute approximate surface area is 107 Å². The first-order valence-corrected chi connectivity index (χ1v) is 5.61. The number of ether oxygens (including phenoxy) is 1. The van der Waals surface area contributed by atoms with E-state index in [1.165, 1.54) is 7.11 Å². The molecule has 0 unspecified atom stereocenters. The van der Waals surface area contributed by atoms with Gasteiger partial charge < -0.3 is 15.8 Å². The molecule has 16 heavy (non-hydrogen) atoms. The van der Waals surface area contributed by atoms with Crippen molar-refractivity contribution in [3.63, 3.8) is 0 Å². The highest BCUT2D eigenvalue weighted by molar-refractivity contribution is 9.10. The molecule has 0 aliphatic carbocycles. The van der Waals surface area contributed by atoms with Crippen molar-refractivity contribution in [2.75, 3.05) is 12.4 Å². The van der Waals surface area contributed by atoms with Crippen LogP contribution in [0.3, 0.4) is 0 Å². The summed E-state index contributed by atoms with van der Waals surface area (Å²) in [5, 5.41) is 2.85. The maximum absolute atomic E-state index is 11.6. The van der Waals surface area contributed by atoms with Crippen LogP contribution < -0.4 is 11.1 Å². The van der Waals surface area contributed by atoms with Crippen LogP contribution in [0.1, 0.15) is 15.9 Å². The van der Waals surface area contributed by atoms with Gasteiger partial charge in [-0.2, -0.15) is 0 Å². The number of carbonyl (C=O) groups excluding carboxylic acids is 1. The summed E-state index contributed by atoms with van der Waals surface area (Å²) in [5.41, 5.74) is 7.11. The Morgan fingerprint density at radius 3 is 2.69 bits per heavy atom. The third-order valence-electron chi connectivity index (χ3n) is 2.05. The van der Waals surface area contributed by atoms with Gasteiger partial charge in [-0.05, 0) is 36.8 Å². The molecule has 4 nitrogen and oxygen atoms in total. The van der Waals surface area contributed by atoms with Crippen molar-refractivity contribution in [3.05, 3.63) is 27.7 Å². The number of anilines is 1. The van der Waals surface area contributed by atoms with Crippen LogP contribution in [0.15, 0.2) is 16.6 Å². The first-order chi connectivity index (χ1) is 7.47. The van der Waals surface area contributed by atoms with Gasteiger partial charge in [0.25, 0.3) is 0 Å². The van der Waals surface area contributed by atoms with E-state index in [0.717, 1.165) is 10.0 Å². The lowest BCUT2D eigenvalue weighted by Gasteiger charge is -2.12. The van der Waals surface area contributed by atoms with Gasteiger partial charge >= 0.3 is 5.97 Å². The average molecular weight is 303 g/mol. The van der Waals surface area contributed by atoms with E-state index in [4.69, 9.17) is 22.7 Å². The van der Waals surface area contributed by atoms with E-state index in [9.17, 15) is 4.79 Å².